The Morgan fingerprint density at radius 2 is 2.08 bits per heavy atom. The summed E-state index contributed by atoms with van der Waals surface area (Å²) in [5.41, 5.74) is 1.09. The maximum Gasteiger partial charge on any atom is 0.222 e. The number of hydrogen-bond acceptors (Lipinski definition) is 2. The van der Waals surface area contributed by atoms with Gasteiger partial charge < -0.3 is 5.32 Å². The molecule has 1 N–H and O–H groups in total. The molecule has 0 radical (unpaired) electrons. The van der Waals surface area contributed by atoms with Crippen molar-refractivity contribution in [1.29, 1.82) is 0 Å². The highest BCUT2D eigenvalue weighted by molar-refractivity contribution is 5.87. The van der Waals surface area contributed by atoms with Crippen LogP contribution in [0.2, 0.25) is 0 Å². The quantitative estimate of drug-likeness (QED) is 0.721. The number of aryl methyl sites for hydroxylation is 1. The molecule has 1 rings (SSSR count). The minimum Gasteiger partial charge on any atom is -0.311 e. The van der Waals surface area contributed by atoms with Crippen LogP contribution in [0.3, 0.4) is 0 Å². The number of nitrogens with zero attached hydrogens (tertiary/aromatic N) is 1. The number of amides is 1. The first-order chi connectivity index (χ1) is 6.18. The average molecular weight is 180 g/mol. The zero-order valence-electron chi connectivity index (χ0n) is 8.59. The molecular formula is C10H16N2O. The third-order valence-electron chi connectivity index (χ3n) is 1.22. The Balaban J connectivity index is 0.000000671. The van der Waals surface area contributed by atoms with Gasteiger partial charge in [-0.25, -0.2) is 4.98 Å². The van der Waals surface area contributed by atoms with Crippen molar-refractivity contribution in [3.8, 4) is 0 Å². The van der Waals surface area contributed by atoms with Crippen molar-refractivity contribution < 1.29 is 4.79 Å². The van der Waals surface area contributed by atoms with Gasteiger partial charge in [0.05, 0.1) is 0 Å². The molecule has 0 atom stereocenters. The molecule has 0 saturated carbocycles. The second kappa shape index (κ2) is 6.17. The molecule has 1 amide bonds. The highest BCUT2D eigenvalue weighted by atomic mass is 16.1. The summed E-state index contributed by atoms with van der Waals surface area (Å²) in [5.74, 6) is 0.514. The monoisotopic (exact) mass is 180 g/mol. The molecule has 72 valence electrons. The van der Waals surface area contributed by atoms with Gasteiger partial charge in [-0.05, 0) is 24.6 Å². The number of carbonyl (C=O) groups is 1. The summed E-state index contributed by atoms with van der Waals surface area (Å²) in [4.78, 5) is 14.5. The molecule has 3 nitrogen and oxygen atoms in total. The third kappa shape index (κ3) is 4.95. The van der Waals surface area contributed by atoms with Crippen molar-refractivity contribution in [2.24, 2.45) is 0 Å². The Morgan fingerprint density at radius 1 is 1.46 bits per heavy atom. The number of carbonyl (C=O) groups excluding carboxylic acids is 1. The van der Waals surface area contributed by atoms with Crippen LogP contribution in [-0.4, -0.2) is 10.9 Å². The van der Waals surface area contributed by atoms with E-state index in [1.165, 1.54) is 6.92 Å². The molecule has 0 bridgehead atoms. The van der Waals surface area contributed by atoms with Crippen LogP contribution in [0.4, 0.5) is 5.82 Å². The average Bonchev–Trinajstić information content (AvgIpc) is 2.06. The predicted molar refractivity (Wildman–Crippen MR) is 54.6 cm³/mol. The molecule has 1 aromatic rings. The lowest BCUT2D eigenvalue weighted by Gasteiger charge is -1.99. The maximum atomic E-state index is 10.6. The summed E-state index contributed by atoms with van der Waals surface area (Å²) < 4.78 is 0. The Hall–Kier alpha value is -1.38. The molecule has 0 aromatic carbocycles. The van der Waals surface area contributed by atoms with E-state index in [0.29, 0.717) is 5.82 Å². The van der Waals surface area contributed by atoms with Crippen LogP contribution in [0.15, 0.2) is 18.3 Å². The number of nitrogens with one attached hydrogen (secondary N) is 1. The standard InChI is InChI=1S/C8H10N2O.C2H6/c1-6-3-4-9-8(5-6)10-7(2)11;1-2/h3-5H,1-2H3,(H,9,10,11);1-2H3. The Labute approximate surface area is 79.2 Å². The minimum atomic E-state index is -0.0944. The van der Waals surface area contributed by atoms with Crippen LogP contribution in [0.1, 0.15) is 26.3 Å². The Morgan fingerprint density at radius 3 is 2.54 bits per heavy atom. The molecule has 0 fully saturated rings. The maximum absolute atomic E-state index is 10.6. The van der Waals surface area contributed by atoms with Gasteiger partial charge in [-0.2, -0.15) is 0 Å². The molecule has 0 spiro atoms. The topological polar surface area (TPSA) is 42.0 Å². The summed E-state index contributed by atoms with van der Waals surface area (Å²) in [6.07, 6.45) is 1.67. The summed E-state index contributed by atoms with van der Waals surface area (Å²) in [6.45, 7) is 7.41. The highest BCUT2D eigenvalue weighted by Crippen LogP contribution is 2.04. The number of pyridine rings is 1. The van der Waals surface area contributed by atoms with E-state index >= 15 is 0 Å². The van der Waals surface area contributed by atoms with Gasteiger partial charge in [-0.15, -0.1) is 0 Å². The van der Waals surface area contributed by atoms with Crippen LogP contribution >= 0.6 is 0 Å². The van der Waals surface area contributed by atoms with Crippen LogP contribution in [0.25, 0.3) is 0 Å². The summed E-state index contributed by atoms with van der Waals surface area (Å²) in [5, 5.41) is 2.60. The molecule has 1 heterocycles. The van der Waals surface area contributed by atoms with Crippen LogP contribution in [0.5, 0.6) is 0 Å². The minimum absolute atomic E-state index is 0.0944. The fourth-order valence-electron chi connectivity index (χ4n) is 0.785. The van der Waals surface area contributed by atoms with E-state index in [0.717, 1.165) is 5.56 Å². The summed E-state index contributed by atoms with van der Waals surface area (Å²) in [7, 11) is 0. The SMILES string of the molecule is CC.CC(=O)Nc1cc(C)ccn1. The van der Waals surface area contributed by atoms with Crippen molar-refractivity contribution in [2.75, 3.05) is 5.32 Å². The predicted octanol–water partition coefficient (Wildman–Crippen LogP) is 2.37. The highest BCUT2D eigenvalue weighted by Gasteiger charge is 1.94. The molecule has 0 unspecified atom stereocenters. The van der Waals surface area contributed by atoms with Gasteiger partial charge in [0.1, 0.15) is 5.82 Å². The van der Waals surface area contributed by atoms with Gasteiger partial charge in [-0.1, -0.05) is 13.8 Å². The zero-order chi connectivity index (χ0) is 10.3. The Bertz CT molecular complexity index is 271. The van der Waals surface area contributed by atoms with Crippen molar-refractivity contribution in [2.45, 2.75) is 27.7 Å². The fraction of sp³-hybridized carbons (Fsp3) is 0.400. The lowest BCUT2D eigenvalue weighted by molar-refractivity contribution is -0.114. The van der Waals surface area contributed by atoms with E-state index in [4.69, 9.17) is 0 Å². The van der Waals surface area contributed by atoms with Crippen molar-refractivity contribution in [1.82, 2.24) is 4.98 Å². The lowest BCUT2D eigenvalue weighted by atomic mass is 10.3. The molecule has 1 aromatic heterocycles. The summed E-state index contributed by atoms with van der Waals surface area (Å²) in [6, 6.07) is 3.70. The van der Waals surface area contributed by atoms with Gasteiger partial charge >= 0.3 is 0 Å². The second-order valence-electron chi connectivity index (χ2n) is 2.40. The normalized spacial score (nSPS) is 8.31. The first-order valence-electron chi connectivity index (χ1n) is 4.39. The van der Waals surface area contributed by atoms with E-state index < -0.39 is 0 Å². The van der Waals surface area contributed by atoms with Crippen molar-refractivity contribution in [3.05, 3.63) is 23.9 Å². The van der Waals surface area contributed by atoms with Gasteiger partial charge in [0.25, 0.3) is 0 Å². The third-order valence-corrected chi connectivity index (χ3v) is 1.22. The molecule has 0 aliphatic heterocycles. The fourth-order valence-corrected chi connectivity index (χ4v) is 0.785. The molecule has 3 heteroatoms. The number of anilines is 1. The molecule has 0 aliphatic carbocycles. The largest absolute Gasteiger partial charge is 0.311 e. The smallest absolute Gasteiger partial charge is 0.222 e. The number of hydrogen-bond donors (Lipinski definition) is 1. The Kier molecular flexibility index (Phi) is 5.52. The van der Waals surface area contributed by atoms with E-state index in [2.05, 4.69) is 10.3 Å². The van der Waals surface area contributed by atoms with Crippen molar-refractivity contribution in [3.63, 3.8) is 0 Å². The van der Waals surface area contributed by atoms with Gasteiger partial charge in [0, 0.05) is 13.1 Å². The van der Waals surface area contributed by atoms with Crippen LogP contribution in [-0.2, 0) is 4.79 Å². The summed E-state index contributed by atoms with van der Waals surface area (Å²) >= 11 is 0. The lowest BCUT2D eigenvalue weighted by Crippen LogP contribution is -2.07. The van der Waals surface area contributed by atoms with E-state index in [1.807, 2.05) is 32.9 Å². The van der Waals surface area contributed by atoms with Gasteiger partial charge in [0.2, 0.25) is 5.91 Å². The van der Waals surface area contributed by atoms with Gasteiger partial charge in [-0.3, -0.25) is 4.79 Å². The molecule has 13 heavy (non-hydrogen) atoms. The van der Waals surface area contributed by atoms with Gasteiger partial charge in [0.15, 0.2) is 0 Å². The molecular weight excluding hydrogens is 164 g/mol. The number of rotatable bonds is 1. The number of aromatic nitrogens is 1. The van der Waals surface area contributed by atoms with E-state index in [9.17, 15) is 4.79 Å². The van der Waals surface area contributed by atoms with E-state index in [1.54, 1.807) is 6.20 Å². The zero-order valence-corrected chi connectivity index (χ0v) is 8.59. The first-order valence-corrected chi connectivity index (χ1v) is 4.39. The molecule has 0 saturated heterocycles. The second-order valence-corrected chi connectivity index (χ2v) is 2.40. The van der Waals surface area contributed by atoms with Crippen LogP contribution < -0.4 is 5.32 Å². The first kappa shape index (κ1) is 11.6. The van der Waals surface area contributed by atoms with E-state index in [-0.39, 0.29) is 5.91 Å². The molecule has 0 aliphatic rings. The van der Waals surface area contributed by atoms with Crippen LogP contribution in [0, 0.1) is 6.92 Å². The van der Waals surface area contributed by atoms with Crippen molar-refractivity contribution >= 4 is 11.7 Å².